The van der Waals surface area contributed by atoms with E-state index < -0.39 is 33.5 Å². The molecule has 0 amide bonds. The van der Waals surface area contributed by atoms with Crippen LogP contribution in [0.25, 0.3) is 5.57 Å². The van der Waals surface area contributed by atoms with E-state index in [4.69, 9.17) is 0 Å². The minimum absolute atomic E-state index is 0.0715. The van der Waals surface area contributed by atoms with Crippen molar-refractivity contribution in [2.75, 3.05) is 19.3 Å². The topological polar surface area (TPSA) is 91.8 Å². The standard InChI is InChI=1S/C23H28F3N5O2S/c1-4-6-12-31(13-7-5-2)19-14-17(22-27-29-30-28-22)15-20(34(3,32)33)21(19)16-8-10-18(11-9-16)23(24,25)26/h8,10,14-15,19,21H,4-7,12-13H2,1-3H3,(H,27,28,29,30). The van der Waals surface area contributed by atoms with Gasteiger partial charge in [0.1, 0.15) is 5.56 Å². The van der Waals surface area contributed by atoms with Crippen molar-refractivity contribution in [2.45, 2.75) is 57.7 Å². The van der Waals surface area contributed by atoms with Gasteiger partial charge in [-0.1, -0.05) is 44.9 Å². The third-order valence-corrected chi connectivity index (χ3v) is 6.99. The number of alkyl halides is 3. The van der Waals surface area contributed by atoms with Crippen LogP contribution in [-0.2, 0) is 16.0 Å². The second kappa shape index (κ2) is 10.7. The Morgan fingerprint density at radius 2 is 1.79 bits per heavy atom. The lowest BCUT2D eigenvalue weighted by Crippen LogP contribution is -2.42. The molecule has 0 radical (unpaired) electrons. The number of hydrogen-bond acceptors (Lipinski definition) is 6. The van der Waals surface area contributed by atoms with Gasteiger partial charge >= 0.3 is 6.18 Å². The number of allylic oxidation sites excluding steroid dienone is 2. The first-order valence-electron chi connectivity index (χ1n) is 11.2. The van der Waals surface area contributed by atoms with Gasteiger partial charge in [-0.25, -0.2) is 8.42 Å². The lowest BCUT2D eigenvalue weighted by molar-refractivity contribution is -0.137. The van der Waals surface area contributed by atoms with Crippen molar-refractivity contribution in [2.24, 2.45) is 0 Å². The van der Waals surface area contributed by atoms with E-state index in [2.05, 4.69) is 51.5 Å². The molecule has 0 saturated heterocycles. The van der Waals surface area contributed by atoms with Crippen LogP contribution in [0, 0.1) is 12.1 Å². The second-order valence-electron chi connectivity index (χ2n) is 8.34. The Balaban J connectivity index is 2.17. The average Bonchev–Trinajstić information content (AvgIpc) is 3.32. The zero-order valence-electron chi connectivity index (χ0n) is 19.4. The molecule has 0 spiro atoms. The highest BCUT2D eigenvalue weighted by molar-refractivity contribution is 7.94. The van der Waals surface area contributed by atoms with E-state index in [0.717, 1.165) is 38.0 Å². The van der Waals surface area contributed by atoms with E-state index in [1.807, 2.05) is 6.08 Å². The fourth-order valence-electron chi connectivity index (χ4n) is 4.03. The predicted octanol–water partition coefficient (Wildman–Crippen LogP) is 4.20. The number of sulfone groups is 1. The van der Waals surface area contributed by atoms with Crippen LogP contribution in [0.15, 0.2) is 29.2 Å². The Hall–Kier alpha value is -2.71. The Kier molecular flexibility index (Phi) is 8.15. The quantitative estimate of drug-likeness (QED) is 0.531. The highest BCUT2D eigenvalue weighted by Crippen LogP contribution is 2.40. The average molecular weight is 496 g/mol. The van der Waals surface area contributed by atoms with E-state index in [-0.39, 0.29) is 10.7 Å². The molecule has 1 N–H and O–H groups in total. The summed E-state index contributed by atoms with van der Waals surface area (Å²) in [7, 11) is -3.74. The van der Waals surface area contributed by atoms with Gasteiger partial charge in [-0.15, -0.1) is 10.2 Å². The van der Waals surface area contributed by atoms with E-state index in [1.54, 1.807) is 0 Å². The predicted molar refractivity (Wildman–Crippen MR) is 122 cm³/mol. The molecule has 2 unspecified atom stereocenters. The summed E-state index contributed by atoms with van der Waals surface area (Å²) in [5.74, 6) is -0.503. The number of H-pyrrole nitrogens is 1. The van der Waals surface area contributed by atoms with Crippen LogP contribution in [0.5, 0.6) is 0 Å². The van der Waals surface area contributed by atoms with Crippen molar-refractivity contribution in [3.05, 3.63) is 58.3 Å². The molecular weight excluding hydrogens is 467 g/mol. The monoisotopic (exact) mass is 495 g/mol. The lowest BCUT2D eigenvalue weighted by Gasteiger charge is -2.38. The van der Waals surface area contributed by atoms with Crippen molar-refractivity contribution in [3.8, 4) is 0 Å². The normalized spacial score (nSPS) is 19.0. The van der Waals surface area contributed by atoms with Crippen molar-refractivity contribution in [1.82, 2.24) is 25.5 Å². The maximum absolute atomic E-state index is 13.1. The molecule has 1 heterocycles. The molecule has 184 valence electrons. The largest absolute Gasteiger partial charge is 0.424 e. The molecule has 1 aromatic carbocycles. The molecule has 1 aliphatic carbocycles. The van der Waals surface area contributed by atoms with Crippen LogP contribution in [0.1, 0.15) is 62.4 Å². The summed E-state index contributed by atoms with van der Waals surface area (Å²) in [5.41, 5.74) is -0.134. The van der Waals surface area contributed by atoms with Crippen molar-refractivity contribution >= 4 is 15.4 Å². The van der Waals surface area contributed by atoms with Crippen molar-refractivity contribution in [3.63, 3.8) is 0 Å². The third-order valence-electron chi connectivity index (χ3n) is 5.76. The summed E-state index contributed by atoms with van der Waals surface area (Å²) in [6.07, 6.45) is 3.55. The summed E-state index contributed by atoms with van der Waals surface area (Å²) < 4.78 is 65.2. The third kappa shape index (κ3) is 6.04. The Morgan fingerprint density at radius 3 is 2.26 bits per heavy atom. The molecular formula is C23H28F3N5O2S. The van der Waals surface area contributed by atoms with Gasteiger partial charge in [-0.2, -0.15) is 18.4 Å². The number of tetrazole rings is 1. The first-order chi connectivity index (χ1) is 16.1. The zero-order valence-corrected chi connectivity index (χ0v) is 20.2. The van der Waals surface area contributed by atoms with E-state index in [1.165, 1.54) is 12.1 Å². The van der Waals surface area contributed by atoms with Crippen LogP contribution in [-0.4, -0.2) is 59.3 Å². The molecule has 34 heavy (non-hydrogen) atoms. The fraction of sp³-hybridized carbons (Fsp3) is 0.522. The van der Waals surface area contributed by atoms with Gasteiger partial charge < -0.3 is 0 Å². The number of aromatic nitrogens is 4. The van der Waals surface area contributed by atoms with Crippen LogP contribution >= 0.6 is 0 Å². The van der Waals surface area contributed by atoms with E-state index in [0.29, 0.717) is 24.2 Å². The molecule has 3 rings (SSSR count). The van der Waals surface area contributed by atoms with Crippen LogP contribution in [0.4, 0.5) is 13.2 Å². The van der Waals surface area contributed by atoms with Gasteiger partial charge in [0.05, 0.1) is 4.91 Å². The highest BCUT2D eigenvalue weighted by Gasteiger charge is 2.38. The molecule has 0 saturated carbocycles. The minimum Gasteiger partial charge on any atom is -0.296 e. The number of aromatic amines is 1. The number of hydrogen-bond donors (Lipinski definition) is 1. The number of rotatable bonds is 10. The number of unbranched alkanes of at least 4 members (excludes halogenated alkanes) is 2. The van der Waals surface area contributed by atoms with Gasteiger partial charge in [-0.3, -0.25) is 4.90 Å². The molecule has 0 aliphatic heterocycles. The zero-order chi connectivity index (χ0) is 24.9. The Bertz CT molecular complexity index is 1100. The van der Waals surface area contributed by atoms with Gasteiger partial charge in [-0.05, 0) is 49.4 Å². The SMILES string of the molecule is CCCCN(CCCC)C1C=C(c2nn[nH]n2)C=C(S(C)(=O)=O)C1c1c#cc(C(F)(F)F)cc1. The maximum atomic E-state index is 13.1. The number of nitrogens with zero attached hydrogens (tertiary/aromatic N) is 4. The molecule has 0 fully saturated rings. The van der Waals surface area contributed by atoms with Gasteiger partial charge in [0.2, 0.25) is 5.82 Å². The maximum Gasteiger partial charge on any atom is 0.424 e. The minimum atomic E-state index is -4.56. The van der Waals surface area contributed by atoms with Crippen LogP contribution in [0.3, 0.4) is 0 Å². The van der Waals surface area contributed by atoms with Crippen molar-refractivity contribution < 1.29 is 21.6 Å². The first kappa shape index (κ1) is 25.9. The van der Waals surface area contributed by atoms with Crippen LogP contribution in [0.2, 0.25) is 0 Å². The second-order valence-corrected chi connectivity index (χ2v) is 10.4. The Labute approximate surface area is 198 Å². The Morgan fingerprint density at radius 1 is 1.12 bits per heavy atom. The summed E-state index contributed by atoms with van der Waals surface area (Å²) in [5, 5.41) is 13.9. The molecule has 1 aromatic heterocycles. The molecule has 2 aromatic rings. The summed E-state index contributed by atoms with van der Waals surface area (Å²) in [6.45, 7) is 5.54. The molecule has 1 aliphatic rings. The van der Waals surface area contributed by atoms with Crippen LogP contribution < -0.4 is 0 Å². The number of halogens is 3. The highest BCUT2D eigenvalue weighted by atomic mass is 32.2. The van der Waals surface area contributed by atoms with Crippen molar-refractivity contribution in [1.29, 1.82) is 0 Å². The lowest BCUT2D eigenvalue weighted by atomic mass is 9.84. The summed E-state index contributed by atoms with van der Waals surface area (Å²) in [6, 6.07) is 6.54. The fourth-order valence-corrected chi connectivity index (χ4v) is 5.10. The molecule has 7 nitrogen and oxygen atoms in total. The molecule has 11 heteroatoms. The smallest absolute Gasteiger partial charge is 0.296 e. The number of nitrogens with one attached hydrogen (secondary N) is 1. The summed E-state index contributed by atoms with van der Waals surface area (Å²) >= 11 is 0. The van der Waals surface area contributed by atoms with Gasteiger partial charge in [0.15, 0.2) is 9.84 Å². The van der Waals surface area contributed by atoms with Gasteiger partial charge in [0, 0.05) is 29.4 Å². The summed E-state index contributed by atoms with van der Waals surface area (Å²) in [4.78, 5) is 2.25. The molecule has 0 bridgehead atoms. The van der Waals surface area contributed by atoms with Gasteiger partial charge in [0.25, 0.3) is 0 Å². The first-order valence-corrected chi connectivity index (χ1v) is 13.1. The van der Waals surface area contributed by atoms with E-state index >= 15 is 0 Å². The van der Waals surface area contributed by atoms with E-state index in [9.17, 15) is 21.6 Å². The molecule has 2 atom stereocenters.